The van der Waals surface area contributed by atoms with E-state index in [1.165, 1.54) is 5.57 Å². The molecule has 2 heterocycles. The van der Waals surface area contributed by atoms with Gasteiger partial charge in [0.15, 0.2) is 5.78 Å². The van der Waals surface area contributed by atoms with Gasteiger partial charge >= 0.3 is 0 Å². The van der Waals surface area contributed by atoms with Crippen molar-refractivity contribution in [1.29, 1.82) is 0 Å². The van der Waals surface area contributed by atoms with Crippen LogP contribution < -0.4 is 0 Å². The summed E-state index contributed by atoms with van der Waals surface area (Å²) in [7, 11) is 0. The molecule has 2 saturated heterocycles. The Balaban J connectivity index is 1.25. The number of carbonyl (C=O) groups excluding carboxylic acids is 1. The number of hydrogen-bond donors (Lipinski definition) is 0. The lowest BCUT2D eigenvalue weighted by Crippen LogP contribution is -2.42. The summed E-state index contributed by atoms with van der Waals surface area (Å²) in [6.45, 7) is 2.90. The highest BCUT2D eigenvalue weighted by molar-refractivity contribution is 5.94. The molecule has 0 saturated carbocycles. The van der Waals surface area contributed by atoms with Crippen LogP contribution in [0.3, 0.4) is 0 Å². The van der Waals surface area contributed by atoms with Crippen molar-refractivity contribution in [2.24, 2.45) is 5.92 Å². The molecule has 190 valence electrons. The van der Waals surface area contributed by atoms with Crippen LogP contribution in [0, 0.1) is 5.92 Å². The summed E-state index contributed by atoms with van der Waals surface area (Å²) in [6, 6.07) is 31.0. The molecule has 0 radical (unpaired) electrons. The van der Waals surface area contributed by atoms with E-state index >= 15 is 0 Å². The SMILES string of the molecule is O=C1C=C2CN3[C@H]([C@H](OCc4ccccc4)[C@H](OCc4ccccc4)[C@@H]3COCc3ccccc3)[C@H]2C1. The Hall–Kier alpha value is -3.09. The zero-order chi connectivity index (χ0) is 25.0. The second kappa shape index (κ2) is 11.1. The summed E-state index contributed by atoms with van der Waals surface area (Å²) in [5.74, 6) is 0.419. The molecule has 0 amide bonds. The summed E-state index contributed by atoms with van der Waals surface area (Å²) >= 11 is 0. The molecule has 0 aromatic heterocycles. The highest BCUT2D eigenvalue weighted by Crippen LogP contribution is 2.46. The topological polar surface area (TPSA) is 48.0 Å². The number of carbonyl (C=O) groups is 1. The van der Waals surface area contributed by atoms with E-state index in [0.717, 1.165) is 23.2 Å². The summed E-state index contributed by atoms with van der Waals surface area (Å²) in [5, 5.41) is 0. The van der Waals surface area contributed by atoms with Gasteiger partial charge in [-0.15, -0.1) is 0 Å². The lowest BCUT2D eigenvalue weighted by Gasteiger charge is -2.28. The molecule has 37 heavy (non-hydrogen) atoms. The molecular formula is C32H33NO4. The maximum absolute atomic E-state index is 12.3. The fourth-order valence-corrected chi connectivity index (χ4v) is 6.12. The molecular weight excluding hydrogens is 462 g/mol. The van der Waals surface area contributed by atoms with E-state index < -0.39 is 0 Å². The lowest BCUT2D eigenvalue weighted by atomic mass is 9.92. The molecule has 3 aromatic carbocycles. The zero-order valence-electron chi connectivity index (χ0n) is 20.9. The van der Waals surface area contributed by atoms with E-state index in [-0.39, 0.29) is 36.0 Å². The number of benzene rings is 3. The third-order valence-electron chi connectivity index (χ3n) is 7.84. The van der Waals surface area contributed by atoms with Crippen LogP contribution in [0.15, 0.2) is 103 Å². The first-order valence-electron chi connectivity index (χ1n) is 13.2. The van der Waals surface area contributed by atoms with Gasteiger partial charge in [0.1, 0.15) is 12.2 Å². The number of ether oxygens (including phenoxy) is 3. The first kappa shape index (κ1) is 24.3. The quantitative estimate of drug-likeness (QED) is 0.398. The Morgan fingerprint density at radius 2 is 1.24 bits per heavy atom. The first-order chi connectivity index (χ1) is 18.3. The Morgan fingerprint density at radius 1 is 0.703 bits per heavy atom. The second-order valence-electron chi connectivity index (χ2n) is 10.2. The molecule has 5 heteroatoms. The maximum Gasteiger partial charge on any atom is 0.156 e. The van der Waals surface area contributed by atoms with Gasteiger partial charge in [0, 0.05) is 24.9 Å². The minimum atomic E-state index is -0.165. The van der Waals surface area contributed by atoms with Crippen LogP contribution in [0.2, 0.25) is 0 Å². The molecule has 6 rings (SSSR count). The largest absolute Gasteiger partial charge is 0.375 e. The van der Waals surface area contributed by atoms with Gasteiger partial charge in [-0.25, -0.2) is 0 Å². The van der Waals surface area contributed by atoms with E-state index in [1.54, 1.807) is 0 Å². The van der Waals surface area contributed by atoms with Crippen molar-refractivity contribution in [2.75, 3.05) is 13.2 Å². The van der Waals surface area contributed by atoms with Gasteiger partial charge < -0.3 is 14.2 Å². The average Bonchev–Trinajstić information content (AvgIpc) is 3.55. The van der Waals surface area contributed by atoms with Crippen LogP contribution in [0.4, 0.5) is 0 Å². The van der Waals surface area contributed by atoms with E-state index in [9.17, 15) is 4.79 Å². The van der Waals surface area contributed by atoms with Gasteiger partial charge in [0.2, 0.25) is 0 Å². The lowest BCUT2D eigenvalue weighted by molar-refractivity contribution is -0.115. The Labute approximate surface area is 218 Å². The number of fused-ring (bicyclic) bond motifs is 3. The fourth-order valence-electron chi connectivity index (χ4n) is 6.12. The molecule has 3 aromatic rings. The third kappa shape index (κ3) is 5.32. The van der Waals surface area contributed by atoms with E-state index in [2.05, 4.69) is 41.3 Å². The molecule has 0 spiro atoms. The fraction of sp³-hybridized carbons (Fsp3) is 0.344. The molecule has 1 aliphatic carbocycles. The van der Waals surface area contributed by atoms with Crippen LogP contribution in [-0.4, -0.2) is 48.1 Å². The van der Waals surface area contributed by atoms with Crippen molar-refractivity contribution in [2.45, 2.75) is 50.5 Å². The molecule has 0 N–H and O–H groups in total. The highest BCUT2D eigenvalue weighted by Gasteiger charge is 2.58. The number of allylic oxidation sites excluding steroid dienone is 1. The van der Waals surface area contributed by atoms with Crippen LogP contribution in [0.25, 0.3) is 0 Å². The van der Waals surface area contributed by atoms with Gasteiger partial charge in [-0.1, -0.05) is 91.0 Å². The van der Waals surface area contributed by atoms with Crippen LogP contribution in [0.1, 0.15) is 23.1 Å². The Morgan fingerprint density at radius 3 is 1.84 bits per heavy atom. The Bertz CT molecular complexity index is 1210. The molecule has 2 fully saturated rings. The molecule has 0 unspecified atom stereocenters. The van der Waals surface area contributed by atoms with Crippen molar-refractivity contribution in [3.63, 3.8) is 0 Å². The number of rotatable bonds is 10. The maximum atomic E-state index is 12.3. The molecule has 2 aliphatic heterocycles. The standard InChI is InChI=1S/C32H33NO4/c34-27-16-26-18-33-29(22-35-19-23-10-4-1-5-11-23)31(36-20-24-12-6-2-7-13-24)32(30(33)28(26)17-27)37-21-25-14-8-3-9-15-25/h1-16,28-32H,17-22H2/t28-,29-,30-,31+,32-/m0/s1. The van der Waals surface area contributed by atoms with Gasteiger partial charge in [0.25, 0.3) is 0 Å². The number of nitrogens with zero attached hydrogens (tertiary/aromatic N) is 1. The minimum absolute atomic E-state index is 0.0415. The first-order valence-corrected chi connectivity index (χ1v) is 13.2. The van der Waals surface area contributed by atoms with E-state index in [1.807, 2.05) is 60.7 Å². The van der Waals surface area contributed by atoms with Crippen molar-refractivity contribution in [1.82, 2.24) is 4.90 Å². The number of ketones is 1. The molecule has 5 atom stereocenters. The monoisotopic (exact) mass is 495 g/mol. The average molecular weight is 496 g/mol. The molecule has 3 aliphatic rings. The van der Waals surface area contributed by atoms with Gasteiger partial charge in [-0.05, 0) is 28.3 Å². The van der Waals surface area contributed by atoms with Gasteiger partial charge in [-0.3, -0.25) is 9.69 Å². The predicted molar refractivity (Wildman–Crippen MR) is 142 cm³/mol. The zero-order valence-corrected chi connectivity index (χ0v) is 20.9. The minimum Gasteiger partial charge on any atom is -0.375 e. The summed E-state index contributed by atoms with van der Waals surface area (Å²) in [6.07, 6.45) is 2.10. The highest BCUT2D eigenvalue weighted by atomic mass is 16.5. The van der Waals surface area contributed by atoms with E-state index in [0.29, 0.717) is 32.8 Å². The third-order valence-corrected chi connectivity index (χ3v) is 7.84. The van der Waals surface area contributed by atoms with Crippen molar-refractivity contribution >= 4 is 5.78 Å². The van der Waals surface area contributed by atoms with Crippen LogP contribution in [0.5, 0.6) is 0 Å². The summed E-state index contributed by atoms with van der Waals surface area (Å²) < 4.78 is 19.6. The molecule has 0 bridgehead atoms. The van der Waals surface area contributed by atoms with Gasteiger partial charge in [0.05, 0.1) is 32.5 Å². The Kier molecular flexibility index (Phi) is 7.29. The normalized spacial score (nSPS) is 26.8. The van der Waals surface area contributed by atoms with Crippen molar-refractivity contribution < 1.29 is 19.0 Å². The van der Waals surface area contributed by atoms with E-state index in [4.69, 9.17) is 14.2 Å². The second-order valence-corrected chi connectivity index (χ2v) is 10.2. The summed E-state index contributed by atoms with van der Waals surface area (Å²) in [4.78, 5) is 14.8. The van der Waals surface area contributed by atoms with Crippen LogP contribution >= 0.6 is 0 Å². The van der Waals surface area contributed by atoms with Crippen molar-refractivity contribution in [3.8, 4) is 0 Å². The number of hydrogen-bond acceptors (Lipinski definition) is 5. The van der Waals surface area contributed by atoms with Crippen LogP contribution in [-0.2, 0) is 38.8 Å². The van der Waals surface area contributed by atoms with Gasteiger partial charge in [-0.2, -0.15) is 0 Å². The smallest absolute Gasteiger partial charge is 0.156 e. The predicted octanol–water partition coefficient (Wildman–Crippen LogP) is 4.96. The summed E-state index contributed by atoms with van der Waals surface area (Å²) in [5.41, 5.74) is 4.66. The molecule has 5 nitrogen and oxygen atoms in total. The van der Waals surface area contributed by atoms with Crippen molar-refractivity contribution in [3.05, 3.63) is 119 Å².